The fraction of sp³-hybridized carbons (Fsp3) is 0.701. The van der Waals surface area contributed by atoms with Crippen molar-refractivity contribution in [3.63, 3.8) is 0 Å². The van der Waals surface area contributed by atoms with Crippen LogP contribution in [0.25, 0.3) is 0 Å². The number of allylic oxidation sites excluding steroid dienone is 20. The van der Waals surface area contributed by atoms with Gasteiger partial charge in [-0.1, -0.05) is 303 Å². The molecule has 474 valence electrons. The molecular weight excluding hydrogens is 1020 g/mol. The highest BCUT2D eigenvalue weighted by molar-refractivity contribution is 5.71. The van der Waals surface area contributed by atoms with Gasteiger partial charge in [-0.2, -0.15) is 0 Å². The molecule has 0 aromatic rings. The molecule has 6 nitrogen and oxygen atoms in total. The molecule has 1 unspecified atom stereocenters. The molecule has 0 saturated heterocycles. The van der Waals surface area contributed by atoms with E-state index in [9.17, 15) is 14.4 Å². The standard InChI is InChI=1S/C77H130O6/c1-4-7-10-13-16-19-22-25-28-30-32-34-36-38-40-42-44-46-49-52-55-58-61-64-67-70-76(79)82-73-74(72-81-75(78)69-66-63-60-57-54-51-48-27-24-21-18-15-12-9-6-3)83-77(80)71-68-65-62-59-56-53-50-47-45-43-41-39-37-35-33-31-29-26-23-20-17-14-11-8-5-2/h7,9-10,12,16,18-19,21,23,25-28,31-34,37,39,48,74H,4-6,8,11,13-15,17,20,22,24,29-30,35-36,38,40-47,49-73H2,1-3H3/b10-7-,12-9-,19-16-,21-18-,26-23-,28-25-,33-31-,34-32-,39-37-,48-27-. The van der Waals surface area contributed by atoms with Gasteiger partial charge in [0.1, 0.15) is 13.2 Å². The van der Waals surface area contributed by atoms with Gasteiger partial charge in [-0.15, -0.1) is 0 Å². The Labute approximate surface area is 513 Å². The van der Waals surface area contributed by atoms with Crippen molar-refractivity contribution in [3.8, 4) is 0 Å². The molecule has 0 saturated carbocycles. The molecule has 0 radical (unpaired) electrons. The summed E-state index contributed by atoms with van der Waals surface area (Å²) in [5.41, 5.74) is 0. The zero-order valence-corrected chi connectivity index (χ0v) is 54.4. The summed E-state index contributed by atoms with van der Waals surface area (Å²) in [5.74, 6) is -0.900. The first-order valence-corrected chi connectivity index (χ1v) is 35.0. The van der Waals surface area contributed by atoms with Gasteiger partial charge in [-0.05, 0) is 128 Å². The third-order valence-electron chi connectivity index (χ3n) is 14.9. The zero-order valence-electron chi connectivity index (χ0n) is 54.4. The van der Waals surface area contributed by atoms with E-state index in [2.05, 4.69) is 142 Å². The highest BCUT2D eigenvalue weighted by Crippen LogP contribution is 2.17. The van der Waals surface area contributed by atoms with E-state index in [1.165, 1.54) is 154 Å². The molecule has 0 aliphatic rings. The smallest absolute Gasteiger partial charge is 0.306 e. The van der Waals surface area contributed by atoms with Crippen LogP contribution in [0.2, 0.25) is 0 Å². The second-order valence-electron chi connectivity index (χ2n) is 23.0. The van der Waals surface area contributed by atoms with Gasteiger partial charge in [-0.3, -0.25) is 14.4 Å². The molecule has 0 N–H and O–H groups in total. The van der Waals surface area contributed by atoms with E-state index in [-0.39, 0.29) is 31.1 Å². The molecule has 0 rings (SSSR count). The Bertz CT molecular complexity index is 1700. The maximum Gasteiger partial charge on any atom is 0.306 e. The van der Waals surface area contributed by atoms with Gasteiger partial charge in [0.05, 0.1) is 0 Å². The minimum absolute atomic E-state index is 0.0872. The van der Waals surface area contributed by atoms with Crippen molar-refractivity contribution in [2.24, 2.45) is 0 Å². The number of carbonyl (C=O) groups excluding carboxylic acids is 3. The Kier molecular flexibility index (Phi) is 66.7. The minimum Gasteiger partial charge on any atom is -0.462 e. The molecule has 0 spiro atoms. The average Bonchev–Trinajstić information content (AvgIpc) is 3.49. The van der Waals surface area contributed by atoms with Crippen molar-refractivity contribution in [2.45, 2.75) is 335 Å². The number of rotatable bonds is 63. The third-order valence-corrected chi connectivity index (χ3v) is 14.9. The Morgan fingerprint density at radius 2 is 0.470 bits per heavy atom. The monoisotopic (exact) mass is 1150 g/mol. The van der Waals surface area contributed by atoms with Crippen molar-refractivity contribution in [2.75, 3.05) is 13.2 Å². The predicted molar refractivity (Wildman–Crippen MR) is 362 cm³/mol. The summed E-state index contributed by atoms with van der Waals surface area (Å²) in [6.07, 6.45) is 97.9. The number of carbonyl (C=O) groups is 3. The first-order valence-electron chi connectivity index (χ1n) is 35.0. The molecule has 83 heavy (non-hydrogen) atoms. The number of esters is 3. The minimum atomic E-state index is -0.793. The van der Waals surface area contributed by atoms with Crippen LogP contribution in [0.15, 0.2) is 122 Å². The van der Waals surface area contributed by atoms with Gasteiger partial charge in [0, 0.05) is 19.3 Å². The summed E-state index contributed by atoms with van der Waals surface area (Å²) >= 11 is 0. The summed E-state index contributed by atoms with van der Waals surface area (Å²) in [6, 6.07) is 0. The van der Waals surface area contributed by atoms with Gasteiger partial charge in [0.25, 0.3) is 0 Å². The summed E-state index contributed by atoms with van der Waals surface area (Å²) in [6.45, 7) is 6.42. The average molecular weight is 1150 g/mol. The molecule has 0 amide bonds. The van der Waals surface area contributed by atoms with Crippen molar-refractivity contribution in [1.29, 1.82) is 0 Å². The quantitative estimate of drug-likeness (QED) is 0.0261. The van der Waals surface area contributed by atoms with Crippen LogP contribution in [0, 0.1) is 0 Å². The fourth-order valence-corrected chi connectivity index (χ4v) is 9.75. The lowest BCUT2D eigenvalue weighted by Crippen LogP contribution is -2.30. The van der Waals surface area contributed by atoms with Crippen LogP contribution >= 0.6 is 0 Å². The van der Waals surface area contributed by atoms with E-state index in [0.717, 1.165) is 135 Å². The van der Waals surface area contributed by atoms with Crippen molar-refractivity contribution < 1.29 is 28.6 Å². The van der Waals surface area contributed by atoms with Crippen molar-refractivity contribution in [1.82, 2.24) is 0 Å². The summed E-state index contributed by atoms with van der Waals surface area (Å²) in [5, 5.41) is 0. The van der Waals surface area contributed by atoms with Crippen molar-refractivity contribution in [3.05, 3.63) is 122 Å². The van der Waals surface area contributed by atoms with E-state index in [1.807, 2.05) is 0 Å². The second-order valence-corrected chi connectivity index (χ2v) is 23.0. The van der Waals surface area contributed by atoms with E-state index < -0.39 is 6.10 Å². The van der Waals surface area contributed by atoms with Crippen LogP contribution in [0.1, 0.15) is 329 Å². The van der Waals surface area contributed by atoms with Gasteiger partial charge in [-0.25, -0.2) is 0 Å². The van der Waals surface area contributed by atoms with Crippen LogP contribution in [0.5, 0.6) is 0 Å². The summed E-state index contributed by atoms with van der Waals surface area (Å²) in [4.78, 5) is 38.5. The lowest BCUT2D eigenvalue weighted by atomic mass is 10.0. The topological polar surface area (TPSA) is 78.9 Å². The molecule has 0 heterocycles. The highest BCUT2D eigenvalue weighted by Gasteiger charge is 2.19. The Morgan fingerprint density at radius 3 is 0.735 bits per heavy atom. The molecule has 6 heteroatoms. The summed E-state index contributed by atoms with van der Waals surface area (Å²) < 4.78 is 17.0. The lowest BCUT2D eigenvalue weighted by molar-refractivity contribution is -0.167. The molecular formula is C77H130O6. The number of hydrogen-bond acceptors (Lipinski definition) is 6. The van der Waals surface area contributed by atoms with Gasteiger partial charge in [0.2, 0.25) is 0 Å². The lowest BCUT2D eigenvalue weighted by Gasteiger charge is -2.18. The predicted octanol–water partition coefficient (Wildman–Crippen LogP) is 24.3. The van der Waals surface area contributed by atoms with Crippen LogP contribution < -0.4 is 0 Å². The fourth-order valence-electron chi connectivity index (χ4n) is 9.75. The summed E-state index contributed by atoms with van der Waals surface area (Å²) in [7, 11) is 0. The van der Waals surface area contributed by atoms with Gasteiger partial charge < -0.3 is 14.2 Å². The van der Waals surface area contributed by atoms with Gasteiger partial charge >= 0.3 is 17.9 Å². The number of ether oxygens (including phenoxy) is 3. The molecule has 0 bridgehead atoms. The van der Waals surface area contributed by atoms with Crippen LogP contribution in [-0.4, -0.2) is 37.2 Å². The first-order chi connectivity index (χ1) is 41.0. The SMILES string of the molecule is CC/C=C\C/C=C\C/C=C\C/C=C\CCCCCCCCCCCCCCC(=O)OCC(COC(=O)CCCCCCC/C=C\C/C=C\C/C=C\CC)OC(=O)CCCCCCCCCCCC/C=C\C/C=C\C/C=C\CCCCCCC. The van der Waals surface area contributed by atoms with E-state index in [1.54, 1.807) is 0 Å². The molecule has 0 aliphatic carbocycles. The zero-order chi connectivity index (χ0) is 59.9. The highest BCUT2D eigenvalue weighted by atomic mass is 16.6. The Balaban J connectivity index is 4.35. The third kappa shape index (κ3) is 68.5. The molecule has 0 aromatic carbocycles. The van der Waals surface area contributed by atoms with Crippen LogP contribution in [-0.2, 0) is 28.6 Å². The van der Waals surface area contributed by atoms with E-state index in [0.29, 0.717) is 19.3 Å². The molecule has 0 fully saturated rings. The Hall–Kier alpha value is -4.19. The van der Waals surface area contributed by atoms with Crippen LogP contribution in [0.3, 0.4) is 0 Å². The number of hydrogen-bond donors (Lipinski definition) is 0. The van der Waals surface area contributed by atoms with Crippen LogP contribution in [0.4, 0.5) is 0 Å². The maximum atomic E-state index is 13.0. The molecule has 0 aromatic heterocycles. The number of unbranched alkanes of at least 4 members (excludes halogenated alkanes) is 32. The largest absolute Gasteiger partial charge is 0.462 e. The molecule has 0 aliphatic heterocycles. The Morgan fingerprint density at radius 1 is 0.253 bits per heavy atom. The maximum absolute atomic E-state index is 13.0. The van der Waals surface area contributed by atoms with E-state index >= 15 is 0 Å². The normalized spacial score (nSPS) is 12.9. The van der Waals surface area contributed by atoms with Crippen molar-refractivity contribution >= 4 is 17.9 Å². The van der Waals surface area contributed by atoms with E-state index in [4.69, 9.17) is 14.2 Å². The second kappa shape index (κ2) is 70.3. The molecule has 1 atom stereocenters. The first kappa shape index (κ1) is 78.8. The van der Waals surface area contributed by atoms with Gasteiger partial charge in [0.15, 0.2) is 6.10 Å².